The fraction of sp³-hybridized carbons (Fsp3) is 0.500. The second-order valence-corrected chi connectivity index (χ2v) is 3.61. The van der Waals surface area contributed by atoms with Crippen LogP contribution in [0.3, 0.4) is 0 Å². The van der Waals surface area contributed by atoms with Crippen molar-refractivity contribution >= 4 is 5.91 Å². The van der Waals surface area contributed by atoms with Crippen LogP contribution in [0.2, 0.25) is 0 Å². The largest absolute Gasteiger partial charge is 0.468 e. The van der Waals surface area contributed by atoms with Gasteiger partial charge in [0.25, 0.3) is 0 Å². The van der Waals surface area contributed by atoms with Crippen LogP contribution in [0.1, 0.15) is 18.6 Å². The molecule has 0 aromatic carbocycles. The Balaban J connectivity index is 2.00. The Kier molecular flexibility index (Phi) is 2.54. The Bertz CT molecular complexity index is 308. The molecule has 2 heterocycles. The second kappa shape index (κ2) is 3.84. The van der Waals surface area contributed by atoms with Crippen molar-refractivity contribution in [3.63, 3.8) is 0 Å². The predicted molar refractivity (Wildman–Crippen MR) is 51.3 cm³/mol. The highest BCUT2D eigenvalue weighted by Crippen LogP contribution is 2.19. The van der Waals surface area contributed by atoms with E-state index >= 15 is 0 Å². The molecule has 1 atom stereocenters. The molecule has 1 amide bonds. The van der Waals surface area contributed by atoms with Crippen molar-refractivity contribution in [1.82, 2.24) is 4.90 Å². The normalized spacial score (nSPS) is 22.7. The van der Waals surface area contributed by atoms with Gasteiger partial charge in [0.05, 0.1) is 18.8 Å². The van der Waals surface area contributed by atoms with Gasteiger partial charge in [-0.1, -0.05) is 0 Å². The van der Waals surface area contributed by atoms with Gasteiger partial charge in [-0.05, 0) is 31.5 Å². The lowest BCUT2D eigenvalue weighted by Gasteiger charge is -2.20. The van der Waals surface area contributed by atoms with Crippen molar-refractivity contribution in [3.8, 4) is 0 Å². The highest BCUT2D eigenvalue weighted by Gasteiger charge is 2.29. The van der Waals surface area contributed by atoms with E-state index in [0.717, 1.165) is 25.1 Å². The van der Waals surface area contributed by atoms with Gasteiger partial charge in [0, 0.05) is 0 Å². The van der Waals surface area contributed by atoms with Crippen molar-refractivity contribution in [3.05, 3.63) is 24.2 Å². The van der Waals surface area contributed by atoms with Crippen LogP contribution < -0.4 is 5.73 Å². The summed E-state index contributed by atoms with van der Waals surface area (Å²) >= 11 is 0. The topological polar surface area (TPSA) is 59.5 Å². The lowest BCUT2D eigenvalue weighted by atomic mass is 10.2. The Morgan fingerprint density at radius 2 is 2.57 bits per heavy atom. The maximum Gasteiger partial charge on any atom is 0.234 e. The average molecular weight is 194 g/mol. The van der Waals surface area contributed by atoms with Crippen LogP contribution in [-0.2, 0) is 11.3 Å². The molecule has 4 nitrogen and oxygen atoms in total. The first-order chi connectivity index (χ1) is 6.77. The summed E-state index contributed by atoms with van der Waals surface area (Å²) in [5, 5.41) is 0. The van der Waals surface area contributed by atoms with E-state index in [1.165, 1.54) is 0 Å². The molecule has 0 spiro atoms. The van der Waals surface area contributed by atoms with Gasteiger partial charge >= 0.3 is 0 Å². The molecule has 76 valence electrons. The van der Waals surface area contributed by atoms with Gasteiger partial charge in [-0.25, -0.2) is 0 Å². The van der Waals surface area contributed by atoms with E-state index < -0.39 is 0 Å². The minimum absolute atomic E-state index is 0.111. The van der Waals surface area contributed by atoms with E-state index in [-0.39, 0.29) is 11.9 Å². The van der Waals surface area contributed by atoms with E-state index in [1.54, 1.807) is 6.26 Å². The zero-order chi connectivity index (χ0) is 9.97. The molecule has 2 rings (SSSR count). The molecule has 0 saturated carbocycles. The van der Waals surface area contributed by atoms with E-state index in [4.69, 9.17) is 10.2 Å². The van der Waals surface area contributed by atoms with Crippen LogP contribution in [0, 0.1) is 0 Å². The Hall–Kier alpha value is -1.29. The van der Waals surface area contributed by atoms with Gasteiger partial charge < -0.3 is 10.2 Å². The summed E-state index contributed by atoms with van der Waals surface area (Å²) in [4.78, 5) is 13.2. The number of likely N-dealkylation sites (tertiary alicyclic amines) is 1. The quantitative estimate of drug-likeness (QED) is 0.771. The third-order valence-electron chi connectivity index (χ3n) is 2.63. The zero-order valence-corrected chi connectivity index (χ0v) is 7.98. The van der Waals surface area contributed by atoms with Gasteiger partial charge in [0.2, 0.25) is 5.91 Å². The summed E-state index contributed by atoms with van der Waals surface area (Å²) in [7, 11) is 0. The number of hydrogen-bond acceptors (Lipinski definition) is 3. The maximum atomic E-state index is 11.1. The number of amides is 1. The number of carbonyl (C=O) groups excluding carboxylic acids is 1. The first-order valence-corrected chi connectivity index (χ1v) is 4.83. The number of rotatable bonds is 3. The summed E-state index contributed by atoms with van der Waals surface area (Å²) in [6.45, 7) is 1.61. The van der Waals surface area contributed by atoms with Crippen molar-refractivity contribution in [2.45, 2.75) is 25.4 Å². The fourth-order valence-electron chi connectivity index (χ4n) is 1.94. The van der Waals surface area contributed by atoms with Crippen molar-refractivity contribution in [2.75, 3.05) is 6.54 Å². The minimum Gasteiger partial charge on any atom is -0.468 e. The number of carbonyl (C=O) groups is 1. The van der Waals surface area contributed by atoms with Gasteiger partial charge in [0.15, 0.2) is 0 Å². The van der Waals surface area contributed by atoms with Crippen LogP contribution in [0.25, 0.3) is 0 Å². The van der Waals surface area contributed by atoms with Gasteiger partial charge in [0.1, 0.15) is 5.76 Å². The monoisotopic (exact) mass is 194 g/mol. The van der Waals surface area contributed by atoms with Gasteiger partial charge in [-0.15, -0.1) is 0 Å². The molecule has 1 saturated heterocycles. The molecule has 1 unspecified atom stereocenters. The zero-order valence-electron chi connectivity index (χ0n) is 7.98. The molecule has 4 heteroatoms. The molecule has 0 bridgehead atoms. The Labute approximate surface area is 82.7 Å². The minimum atomic E-state index is -0.228. The number of primary amides is 1. The molecule has 0 aliphatic carbocycles. The van der Waals surface area contributed by atoms with Crippen LogP contribution in [-0.4, -0.2) is 23.4 Å². The summed E-state index contributed by atoms with van der Waals surface area (Å²) in [5.41, 5.74) is 5.31. The molecule has 1 aromatic rings. The van der Waals surface area contributed by atoms with E-state index in [2.05, 4.69) is 4.90 Å². The van der Waals surface area contributed by atoms with Crippen LogP contribution in [0.4, 0.5) is 0 Å². The molecule has 1 aromatic heterocycles. The summed E-state index contributed by atoms with van der Waals surface area (Å²) < 4.78 is 5.23. The molecular weight excluding hydrogens is 180 g/mol. The Morgan fingerprint density at radius 1 is 1.71 bits per heavy atom. The average Bonchev–Trinajstić information content (AvgIpc) is 2.75. The highest BCUT2D eigenvalue weighted by atomic mass is 16.3. The number of hydrogen-bond donors (Lipinski definition) is 1. The van der Waals surface area contributed by atoms with E-state index in [1.807, 2.05) is 12.1 Å². The lowest BCUT2D eigenvalue weighted by molar-refractivity contribution is -0.122. The number of nitrogens with zero attached hydrogens (tertiary/aromatic N) is 1. The van der Waals surface area contributed by atoms with Crippen LogP contribution in [0.5, 0.6) is 0 Å². The molecule has 1 aliphatic heterocycles. The molecular formula is C10H14N2O2. The van der Waals surface area contributed by atoms with Crippen LogP contribution >= 0.6 is 0 Å². The van der Waals surface area contributed by atoms with E-state index in [0.29, 0.717) is 6.54 Å². The Morgan fingerprint density at radius 3 is 3.21 bits per heavy atom. The summed E-state index contributed by atoms with van der Waals surface area (Å²) in [5.74, 6) is 0.659. The standard InChI is InChI=1S/C10H14N2O2/c11-10(13)9-4-1-5-12(9)7-8-3-2-6-14-8/h2-3,6,9H,1,4-5,7H2,(H2,11,13). The van der Waals surface area contributed by atoms with Crippen molar-refractivity contribution in [1.29, 1.82) is 0 Å². The highest BCUT2D eigenvalue weighted by molar-refractivity contribution is 5.80. The van der Waals surface area contributed by atoms with Crippen LogP contribution in [0.15, 0.2) is 22.8 Å². The molecule has 1 fully saturated rings. The lowest BCUT2D eigenvalue weighted by Crippen LogP contribution is -2.39. The SMILES string of the molecule is NC(=O)C1CCCN1Cc1ccco1. The maximum absolute atomic E-state index is 11.1. The van der Waals surface area contributed by atoms with Gasteiger partial charge in [-0.2, -0.15) is 0 Å². The summed E-state index contributed by atoms with van der Waals surface area (Å²) in [6.07, 6.45) is 3.55. The van der Waals surface area contributed by atoms with E-state index in [9.17, 15) is 4.79 Å². The van der Waals surface area contributed by atoms with Gasteiger partial charge in [-0.3, -0.25) is 9.69 Å². The molecule has 1 aliphatic rings. The van der Waals surface area contributed by atoms with Crippen molar-refractivity contribution < 1.29 is 9.21 Å². The second-order valence-electron chi connectivity index (χ2n) is 3.61. The first-order valence-electron chi connectivity index (χ1n) is 4.83. The third kappa shape index (κ3) is 1.80. The first kappa shape index (κ1) is 9.27. The predicted octanol–water partition coefficient (Wildman–Crippen LogP) is 0.729. The number of furan rings is 1. The summed E-state index contributed by atoms with van der Waals surface area (Å²) in [6, 6.07) is 3.65. The third-order valence-corrected chi connectivity index (χ3v) is 2.63. The fourth-order valence-corrected chi connectivity index (χ4v) is 1.94. The number of nitrogens with two attached hydrogens (primary N) is 1. The smallest absolute Gasteiger partial charge is 0.234 e. The molecule has 14 heavy (non-hydrogen) atoms. The molecule has 2 N–H and O–H groups in total. The molecule has 0 radical (unpaired) electrons. The van der Waals surface area contributed by atoms with Crippen molar-refractivity contribution in [2.24, 2.45) is 5.73 Å².